The molecule has 5 heteroatoms. The Hall–Kier alpha value is -0.750. The van der Waals surface area contributed by atoms with E-state index in [9.17, 15) is 0 Å². The van der Waals surface area contributed by atoms with E-state index in [0.29, 0.717) is 0 Å². The van der Waals surface area contributed by atoms with Crippen molar-refractivity contribution >= 4 is 48.8 Å². The minimum atomic E-state index is -0.108. The van der Waals surface area contributed by atoms with Gasteiger partial charge in [0.1, 0.15) is 0 Å². The summed E-state index contributed by atoms with van der Waals surface area (Å²) in [4.78, 5) is 5.56. The van der Waals surface area contributed by atoms with Crippen molar-refractivity contribution in [1.29, 1.82) is 0 Å². The lowest BCUT2D eigenvalue weighted by molar-refractivity contribution is 0.884. The number of halogens is 1. The molecule has 0 aliphatic carbocycles. The Morgan fingerprint density at radius 2 is 2.06 bits per heavy atom. The highest BCUT2D eigenvalue weighted by atomic mass is 79.9. The summed E-state index contributed by atoms with van der Waals surface area (Å²) in [7, 11) is 0. The summed E-state index contributed by atoms with van der Waals surface area (Å²) in [6.07, 6.45) is 1.87. The molecule has 1 atom stereocenters. The summed E-state index contributed by atoms with van der Waals surface area (Å²) in [6.45, 7) is 0. The van der Waals surface area contributed by atoms with Crippen molar-refractivity contribution < 1.29 is 0 Å². The number of thiophene rings is 2. The molecular formula is C12H9BrN2S2. The number of rotatable bonds is 2. The van der Waals surface area contributed by atoms with Gasteiger partial charge in [0, 0.05) is 15.5 Å². The molecular weight excluding hydrogens is 316 g/mol. The second-order valence-corrected chi connectivity index (χ2v) is 6.43. The third kappa shape index (κ3) is 2.04. The Balaban J connectivity index is 2.06. The van der Waals surface area contributed by atoms with Crippen LogP contribution in [0, 0.1) is 0 Å². The summed E-state index contributed by atoms with van der Waals surface area (Å²) in [5.74, 6) is 0. The summed E-state index contributed by atoms with van der Waals surface area (Å²) in [6, 6.07) is 6.07. The first kappa shape index (κ1) is 11.3. The quantitative estimate of drug-likeness (QED) is 0.768. The van der Waals surface area contributed by atoms with Crippen molar-refractivity contribution in [2.75, 3.05) is 0 Å². The third-order valence-electron chi connectivity index (χ3n) is 2.61. The van der Waals surface area contributed by atoms with Gasteiger partial charge in [0.2, 0.25) is 0 Å². The number of fused-ring (bicyclic) bond motifs is 1. The first-order chi connectivity index (χ1) is 8.25. The average Bonchev–Trinajstić information content (AvgIpc) is 2.95. The smallest absolute Gasteiger partial charge is 0.0809 e. The van der Waals surface area contributed by atoms with Gasteiger partial charge in [-0.05, 0) is 50.5 Å². The molecule has 0 amide bonds. The number of nitrogens with zero attached hydrogens (tertiary/aromatic N) is 1. The van der Waals surface area contributed by atoms with Crippen LogP contribution in [0.3, 0.4) is 0 Å². The third-order valence-corrected chi connectivity index (χ3v) is 5.42. The number of aromatic nitrogens is 1. The van der Waals surface area contributed by atoms with Gasteiger partial charge < -0.3 is 5.73 Å². The van der Waals surface area contributed by atoms with Gasteiger partial charge in [-0.1, -0.05) is 0 Å². The van der Waals surface area contributed by atoms with Gasteiger partial charge in [-0.3, -0.25) is 4.98 Å². The van der Waals surface area contributed by atoms with Crippen molar-refractivity contribution in [2.24, 2.45) is 5.73 Å². The van der Waals surface area contributed by atoms with E-state index < -0.39 is 0 Å². The maximum atomic E-state index is 6.27. The normalized spacial score (nSPS) is 13.1. The van der Waals surface area contributed by atoms with Gasteiger partial charge in [-0.15, -0.1) is 22.7 Å². The second-order valence-electron chi connectivity index (χ2n) is 3.68. The van der Waals surface area contributed by atoms with Gasteiger partial charge in [0.15, 0.2) is 0 Å². The average molecular weight is 325 g/mol. The number of hydrogen-bond donors (Lipinski definition) is 1. The van der Waals surface area contributed by atoms with E-state index in [2.05, 4.69) is 27.0 Å². The fourth-order valence-corrected chi connectivity index (χ4v) is 4.15. The van der Waals surface area contributed by atoms with E-state index in [0.717, 1.165) is 20.4 Å². The fraction of sp³-hybridized carbons (Fsp3) is 0.0833. The highest BCUT2D eigenvalue weighted by Gasteiger charge is 2.14. The Labute approximate surface area is 115 Å². The largest absolute Gasteiger partial charge is 0.320 e. The molecule has 17 heavy (non-hydrogen) atoms. The number of hydrogen-bond acceptors (Lipinski definition) is 4. The van der Waals surface area contributed by atoms with E-state index in [1.165, 1.54) is 4.70 Å². The molecule has 0 aliphatic rings. The van der Waals surface area contributed by atoms with Crippen LogP contribution in [-0.4, -0.2) is 4.98 Å². The minimum absolute atomic E-state index is 0.108. The molecule has 3 rings (SSSR count). The first-order valence-electron chi connectivity index (χ1n) is 5.07. The number of pyridine rings is 1. The maximum absolute atomic E-state index is 6.27. The minimum Gasteiger partial charge on any atom is -0.320 e. The van der Waals surface area contributed by atoms with Crippen molar-refractivity contribution in [2.45, 2.75) is 6.04 Å². The van der Waals surface area contributed by atoms with E-state index in [1.54, 1.807) is 22.7 Å². The molecule has 0 fully saturated rings. The van der Waals surface area contributed by atoms with Crippen LogP contribution in [0.25, 0.3) is 10.2 Å². The fourth-order valence-electron chi connectivity index (χ4n) is 1.71. The molecule has 2 N–H and O–H groups in total. The lowest BCUT2D eigenvalue weighted by Crippen LogP contribution is -2.10. The van der Waals surface area contributed by atoms with Crippen LogP contribution in [0.1, 0.15) is 16.5 Å². The zero-order valence-electron chi connectivity index (χ0n) is 8.76. The molecule has 0 saturated carbocycles. The van der Waals surface area contributed by atoms with Crippen LogP contribution in [0.15, 0.2) is 39.6 Å². The Bertz CT molecular complexity index is 659. The van der Waals surface area contributed by atoms with Crippen LogP contribution in [0.5, 0.6) is 0 Å². The molecule has 0 aromatic carbocycles. The molecule has 3 heterocycles. The lowest BCUT2D eigenvalue weighted by atomic mass is 10.1. The Kier molecular flexibility index (Phi) is 3.00. The highest BCUT2D eigenvalue weighted by Crippen LogP contribution is 2.32. The van der Waals surface area contributed by atoms with E-state index >= 15 is 0 Å². The van der Waals surface area contributed by atoms with Gasteiger partial charge in [-0.25, -0.2) is 0 Å². The molecule has 0 bridgehead atoms. The maximum Gasteiger partial charge on any atom is 0.0809 e. The monoisotopic (exact) mass is 324 g/mol. The van der Waals surface area contributed by atoms with Gasteiger partial charge in [0.05, 0.1) is 16.3 Å². The van der Waals surface area contributed by atoms with Gasteiger partial charge in [0.25, 0.3) is 0 Å². The zero-order valence-corrected chi connectivity index (χ0v) is 12.0. The molecule has 3 aromatic rings. The Morgan fingerprint density at radius 3 is 2.82 bits per heavy atom. The van der Waals surface area contributed by atoms with Crippen molar-refractivity contribution in [3.05, 3.63) is 50.1 Å². The summed E-state index contributed by atoms with van der Waals surface area (Å²) in [5.41, 5.74) is 8.36. The van der Waals surface area contributed by atoms with E-state index in [4.69, 9.17) is 5.73 Å². The lowest BCUT2D eigenvalue weighted by Gasteiger charge is -2.10. The van der Waals surface area contributed by atoms with Crippen molar-refractivity contribution in [3.63, 3.8) is 0 Å². The van der Waals surface area contributed by atoms with Gasteiger partial charge in [-0.2, -0.15) is 0 Å². The number of nitrogens with two attached hydrogens (primary N) is 1. The van der Waals surface area contributed by atoms with Crippen LogP contribution in [0.2, 0.25) is 0 Å². The summed E-state index contributed by atoms with van der Waals surface area (Å²) in [5, 5.41) is 4.09. The molecule has 2 nitrogen and oxygen atoms in total. The van der Waals surface area contributed by atoms with E-state index in [-0.39, 0.29) is 6.04 Å². The summed E-state index contributed by atoms with van der Waals surface area (Å²) >= 11 is 6.88. The molecule has 0 saturated heterocycles. The predicted molar refractivity (Wildman–Crippen MR) is 77.7 cm³/mol. The second kappa shape index (κ2) is 4.49. The van der Waals surface area contributed by atoms with E-state index in [1.807, 2.05) is 29.1 Å². The first-order valence-corrected chi connectivity index (χ1v) is 7.62. The standard InChI is InChI=1S/C12H9BrN2S2/c13-8-1-3-17-12(8)11(14)7-5-10-9(15-6-7)2-4-16-10/h1-6,11H,14H2. The summed E-state index contributed by atoms with van der Waals surface area (Å²) < 4.78 is 2.26. The van der Waals surface area contributed by atoms with Crippen molar-refractivity contribution in [1.82, 2.24) is 4.98 Å². The molecule has 1 unspecified atom stereocenters. The SMILES string of the molecule is NC(c1cnc2ccsc2c1)c1sccc1Br. The van der Waals surface area contributed by atoms with Gasteiger partial charge >= 0.3 is 0 Å². The van der Waals surface area contributed by atoms with Crippen LogP contribution in [-0.2, 0) is 0 Å². The Morgan fingerprint density at radius 1 is 1.24 bits per heavy atom. The van der Waals surface area contributed by atoms with Crippen molar-refractivity contribution in [3.8, 4) is 0 Å². The van der Waals surface area contributed by atoms with Crippen LogP contribution in [0.4, 0.5) is 0 Å². The topological polar surface area (TPSA) is 38.9 Å². The molecule has 0 aliphatic heterocycles. The van der Waals surface area contributed by atoms with Crippen LogP contribution < -0.4 is 5.73 Å². The zero-order chi connectivity index (χ0) is 11.8. The molecule has 0 radical (unpaired) electrons. The predicted octanol–water partition coefficient (Wildman–Crippen LogP) is 4.17. The molecule has 86 valence electrons. The molecule has 0 spiro atoms. The van der Waals surface area contributed by atoms with Crippen LogP contribution >= 0.6 is 38.6 Å². The highest BCUT2D eigenvalue weighted by molar-refractivity contribution is 9.10. The molecule has 3 aromatic heterocycles.